The van der Waals surface area contributed by atoms with E-state index in [1.54, 1.807) is 0 Å². The van der Waals surface area contributed by atoms with Crippen molar-refractivity contribution in [1.82, 2.24) is 9.80 Å². The van der Waals surface area contributed by atoms with Crippen molar-refractivity contribution >= 4 is 27.6 Å². The van der Waals surface area contributed by atoms with Crippen molar-refractivity contribution in [2.24, 2.45) is 0 Å². The quantitative estimate of drug-likeness (QED) is 0.859. The summed E-state index contributed by atoms with van der Waals surface area (Å²) in [7, 11) is 0. The minimum absolute atomic E-state index is 0.0249. The summed E-state index contributed by atoms with van der Waals surface area (Å²) < 4.78 is 0.961. The van der Waals surface area contributed by atoms with E-state index in [1.165, 1.54) is 11.1 Å². The molecule has 5 heteroatoms. The molecule has 0 radical (unpaired) electrons. The second-order valence-electron chi connectivity index (χ2n) is 6.19. The monoisotopic (exact) mass is 387 g/mol. The van der Waals surface area contributed by atoms with E-state index in [9.17, 15) is 4.79 Å². The highest BCUT2D eigenvalue weighted by Gasteiger charge is 2.21. The predicted molar refractivity (Wildman–Crippen MR) is 101 cm³/mol. The van der Waals surface area contributed by atoms with E-state index in [2.05, 4.69) is 57.3 Å². The fourth-order valence-electron chi connectivity index (χ4n) is 2.83. The van der Waals surface area contributed by atoms with Crippen LogP contribution in [-0.4, -0.2) is 42.0 Å². The SMILES string of the molecule is Cc1ccc(CN2CCN(C(=O)Nc3cccc(Br)c3)CC2)cc1. The molecule has 1 heterocycles. The Labute approximate surface area is 151 Å². The largest absolute Gasteiger partial charge is 0.322 e. The summed E-state index contributed by atoms with van der Waals surface area (Å²) in [6.07, 6.45) is 0. The van der Waals surface area contributed by atoms with Gasteiger partial charge in [-0.15, -0.1) is 0 Å². The Morgan fingerprint density at radius 1 is 1.08 bits per heavy atom. The molecule has 0 bridgehead atoms. The van der Waals surface area contributed by atoms with Crippen LogP contribution in [0.15, 0.2) is 53.0 Å². The number of rotatable bonds is 3. The third-order valence-electron chi connectivity index (χ3n) is 4.26. The van der Waals surface area contributed by atoms with Crippen LogP contribution in [-0.2, 0) is 6.54 Å². The van der Waals surface area contributed by atoms with Gasteiger partial charge in [-0.3, -0.25) is 4.90 Å². The molecule has 1 fully saturated rings. The van der Waals surface area contributed by atoms with E-state index in [0.29, 0.717) is 0 Å². The van der Waals surface area contributed by atoms with Gasteiger partial charge >= 0.3 is 6.03 Å². The lowest BCUT2D eigenvalue weighted by Crippen LogP contribution is -2.49. The van der Waals surface area contributed by atoms with Crippen LogP contribution in [0.5, 0.6) is 0 Å². The van der Waals surface area contributed by atoms with Crippen LogP contribution in [0.3, 0.4) is 0 Å². The molecule has 0 saturated carbocycles. The molecule has 0 aromatic heterocycles. The van der Waals surface area contributed by atoms with E-state index in [-0.39, 0.29) is 6.03 Å². The Balaban J connectivity index is 1.49. The van der Waals surface area contributed by atoms with Crippen molar-refractivity contribution < 1.29 is 4.79 Å². The number of aryl methyl sites for hydroxylation is 1. The zero-order chi connectivity index (χ0) is 16.9. The van der Waals surface area contributed by atoms with Crippen molar-refractivity contribution in [3.8, 4) is 0 Å². The number of benzene rings is 2. The molecule has 0 spiro atoms. The Morgan fingerprint density at radius 3 is 2.46 bits per heavy atom. The molecular formula is C19H22BrN3O. The number of nitrogens with one attached hydrogen (secondary N) is 1. The topological polar surface area (TPSA) is 35.6 Å². The number of amides is 2. The normalized spacial score (nSPS) is 15.3. The Hall–Kier alpha value is -1.85. The summed E-state index contributed by atoms with van der Waals surface area (Å²) in [5.41, 5.74) is 3.43. The number of nitrogens with zero attached hydrogens (tertiary/aromatic N) is 2. The summed E-state index contributed by atoms with van der Waals surface area (Å²) in [4.78, 5) is 16.6. The van der Waals surface area contributed by atoms with Crippen LogP contribution < -0.4 is 5.32 Å². The number of halogens is 1. The second kappa shape index (κ2) is 7.81. The molecule has 2 aromatic carbocycles. The Bertz CT molecular complexity index is 694. The van der Waals surface area contributed by atoms with Crippen LogP contribution in [0.25, 0.3) is 0 Å². The zero-order valence-electron chi connectivity index (χ0n) is 13.8. The van der Waals surface area contributed by atoms with Gasteiger partial charge in [0.2, 0.25) is 0 Å². The van der Waals surface area contributed by atoms with Crippen molar-refractivity contribution in [2.45, 2.75) is 13.5 Å². The molecule has 3 rings (SSSR count). The van der Waals surface area contributed by atoms with Gasteiger partial charge in [0.25, 0.3) is 0 Å². The third kappa shape index (κ3) is 4.58. The van der Waals surface area contributed by atoms with E-state index in [4.69, 9.17) is 0 Å². The minimum atomic E-state index is -0.0249. The van der Waals surface area contributed by atoms with E-state index >= 15 is 0 Å². The Morgan fingerprint density at radius 2 is 1.79 bits per heavy atom. The third-order valence-corrected chi connectivity index (χ3v) is 4.76. The van der Waals surface area contributed by atoms with Crippen molar-refractivity contribution in [2.75, 3.05) is 31.5 Å². The molecule has 2 amide bonds. The minimum Gasteiger partial charge on any atom is -0.322 e. The smallest absolute Gasteiger partial charge is 0.321 e. The van der Waals surface area contributed by atoms with Crippen molar-refractivity contribution in [3.05, 3.63) is 64.1 Å². The number of urea groups is 1. The maximum Gasteiger partial charge on any atom is 0.321 e. The van der Waals surface area contributed by atoms with Crippen LogP contribution >= 0.6 is 15.9 Å². The predicted octanol–water partition coefficient (Wildman–Crippen LogP) is 4.11. The first-order valence-corrected chi connectivity index (χ1v) is 8.99. The maximum absolute atomic E-state index is 12.4. The summed E-state index contributed by atoms with van der Waals surface area (Å²) in [5, 5.41) is 2.96. The first kappa shape index (κ1) is 17.0. The van der Waals surface area contributed by atoms with Gasteiger partial charge in [-0.05, 0) is 30.7 Å². The molecule has 1 aliphatic rings. The highest BCUT2D eigenvalue weighted by molar-refractivity contribution is 9.10. The maximum atomic E-state index is 12.4. The van der Waals surface area contributed by atoms with Gasteiger partial charge in [0.05, 0.1) is 0 Å². The number of anilines is 1. The lowest BCUT2D eigenvalue weighted by atomic mass is 10.1. The molecule has 1 aliphatic heterocycles. The average molecular weight is 388 g/mol. The molecule has 1 N–H and O–H groups in total. The molecular weight excluding hydrogens is 366 g/mol. The number of hydrogen-bond acceptors (Lipinski definition) is 2. The molecule has 4 nitrogen and oxygen atoms in total. The van der Waals surface area contributed by atoms with Crippen molar-refractivity contribution in [3.63, 3.8) is 0 Å². The van der Waals surface area contributed by atoms with Gasteiger partial charge in [0.15, 0.2) is 0 Å². The van der Waals surface area contributed by atoms with Gasteiger partial charge < -0.3 is 10.2 Å². The van der Waals surface area contributed by atoms with Gasteiger partial charge in [0.1, 0.15) is 0 Å². The fourth-order valence-corrected chi connectivity index (χ4v) is 3.23. The second-order valence-corrected chi connectivity index (χ2v) is 7.10. The van der Waals surface area contributed by atoms with Crippen LogP contribution in [0.2, 0.25) is 0 Å². The van der Waals surface area contributed by atoms with Crippen LogP contribution in [0.4, 0.5) is 10.5 Å². The molecule has 0 aliphatic carbocycles. The molecule has 24 heavy (non-hydrogen) atoms. The highest BCUT2D eigenvalue weighted by Crippen LogP contribution is 2.17. The molecule has 0 atom stereocenters. The lowest BCUT2D eigenvalue weighted by Gasteiger charge is -2.34. The summed E-state index contributed by atoms with van der Waals surface area (Å²) in [5.74, 6) is 0. The number of carbonyl (C=O) groups excluding carboxylic acids is 1. The number of piperazine rings is 1. The molecule has 126 valence electrons. The van der Waals surface area contributed by atoms with Gasteiger partial charge in [-0.25, -0.2) is 4.79 Å². The summed E-state index contributed by atoms with van der Waals surface area (Å²) >= 11 is 3.42. The average Bonchev–Trinajstić information content (AvgIpc) is 2.57. The van der Waals surface area contributed by atoms with E-state index in [0.717, 1.165) is 42.9 Å². The van der Waals surface area contributed by atoms with Gasteiger partial charge in [0, 0.05) is 42.9 Å². The summed E-state index contributed by atoms with van der Waals surface area (Å²) in [6, 6.07) is 16.3. The fraction of sp³-hybridized carbons (Fsp3) is 0.316. The van der Waals surface area contributed by atoms with Crippen molar-refractivity contribution in [1.29, 1.82) is 0 Å². The standard InChI is InChI=1S/C19H22BrN3O/c1-15-5-7-16(8-6-15)14-22-9-11-23(12-10-22)19(24)21-18-4-2-3-17(20)13-18/h2-8,13H,9-12,14H2,1H3,(H,21,24). The lowest BCUT2D eigenvalue weighted by molar-refractivity contribution is 0.143. The molecule has 2 aromatic rings. The first-order valence-electron chi connectivity index (χ1n) is 8.19. The summed E-state index contributed by atoms with van der Waals surface area (Å²) in [6.45, 7) is 6.37. The van der Waals surface area contributed by atoms with E-state index < -0.39 is 0 Å². The Kier molecular flexibility index (Phi) is 5.53. The van der Waals surface area contributed by atoms with Crippen LogP contribution in [0.1, 0.15) is 11.1 Å². The molecule has 0 unspecified atom stereocenters. The van der Waals surface area contributed by atoms with Crippen LogP contribution in [0, 0.1) is 6.92 Å². The van der Waals surface area contributed by atoms with Gasteiger partial charge in [-0.1, -0.05) is 51.8 Å². The highest BCUT2D eigenvalue weighted by atomic mass is 79.9. The zero-order valence-corrected chi connectivity index (χ0v) is 15.4. The molecule has 1 saturated heterocycles. The van der Waals surface area contributed by atoms with Gasteiger partial charge in [-0.2, -0.15) is 0 Å². The number of carbonyl (C=O) groups is 1. The first-order chi connectivity index (χ1) is 11.6. The number of hydrogen-bond donors (Lipinski definition) is 1. The van der Waals surface area contributed by atoms with E-state index in [1.807, 2.05) is 29.2 Å².